The van der Waals surface area contributed by atoms with Crippen molar-refractivity contribution in [2.75, 3.05) is 18.0 Å². The summed E-state index contributed by atoms with van der Waals surface area (Å²) in [7, 11) is 0. The summed E-state index contributed by atoms with van der Waals surface area (Å²) in [5.74, 6) is 1.00. The highest BCUT2D eigenvalue weighted by Crippen LogP contribution is 2.25. The van der Waals surface area contributed by atoms with Crippen molar-refractivity contribution in [3.8, 4) is 0 Å². The number of aryl methyl sites for hydroxylation is 1. The summed E-state index contributed by atoms with van der Waals surface area (Å²) in [6, 6.07) is 2.42. The zero-order chi connectivity index (χ0) is 11.7. The van der Waals surface area contributed by atoms with Gasteiger partial charge in [0.1, 0.15) is 5.82 Å². The molecule has 1 aliphatic heterocycles. The second-order valence-electron chi connectivity index (χ2n) is 4.34. The van der Waals surface area contributed by atoms with Gasteiger partial charge in [-0.25, -0.2) is 4.98 Å². The third kappa shape index (κ3) is 1.88. The molecule has 0 N–H and O–H groups in total. The monoisotopic (exact) mass is 229 g/mol. The molecule has 0 aliphatic carbocycles. The number of hydrogen-bond donors (Lipinski definition) is 0. The highest BCUT2D eigenvalue weighted by molar-refractivity contribution is 5.43. The SMILES string of the molecule is Cc1nccnc1N1CCC(n2cccn2)C1. The van der Waals surface area contributed by atoms with E-state index in [2.05, 4.69) is 20.0 Å². The summed E-state index contributed by atoms with van der Waals surface area (Å²) in [5.41, 5.74) is 0.994. The quantitative estimate of drug-likeness (QED) is 0.781. The third-order valence-corrected chi connectivity index (χ3v) is 3.22. The van der Waals surface area contributed by atoms with Crippen LogP contribution in [0.3, 0.4) is 0 Å². The van der Waals surface area contributed by atoms with E-state index in [4.69, 9.17) is 0 Å². The fourth-order valence-electron chi connectivity index (χ4n) is 2.36. The van der Waals surface area contributed by atoms with Crippen LogP contribution in [-0.2, 0) is 0 Å². The van der Waals surface area contributed by atoms with Gasteiger partial charge in [0.2, 0.25) is 0 Å². The zero-order valence-electron chi connectivity index (χ0n) is 9.82. The van der Waals surface area contributed by atoms with E-state index in [1.807, 2.05) is 30.1 Å². The maximum Gasteiger partial charge on any atom is 0.150 e. The smallest absolute Gasteiger partial charge is 0.150 e. The average Bonchev–Trinajstić information content (AvgIpc) is 3.00. The first-order chi connectivity index (χ1) is 8.34. The van der Waals surface area contributed by atoms with Gasteiger partial charge in [-0.05, 0) is 19.4 Å². The molecule has 1 unspecified atom stereocenters. The molecule has 0 spiro atoms. The van der Waals surface area contributed by atoms with Gasteiger partial charge in [-0.1, -0.05) is 0 Å². The first-order valence-corrected chi connectivity index (χ1v) is 5.86. The normalized spacial score (nSPS) is 19.8. The van der Waals surface area contributed by atoms with Gasteiger partial charge >= 0.3 is 0 Å². The topological polar surface area (TPSA) is 46.8 Å². The van der Waals surface area contributed by atoms with Gasteiger partial charge in [0.05, 0.1) is 11.7 Å². The van der Waals surface area contributed by atoms with E-state index in [1.165, 1.54) is 0 Å². The van der Waals surface area contributed by atoms with Gasteiger partial charge in [0.25, 0.3) is 0 Å². The summed E-state index contributed by atoms with van der Waals surface area (Å²) in [4.78, 5) is 11.0. The molecule has 0 bridgehead atoms. The highest BCUT2D eigenvalue weighted by Gasteiger charge is 2.25. The molecular weight excluding hydrogens is 214 g/mol. The summed E-state index contributed by atoms with van der Waals surface area (Å²) in [5, 5.41) is 4.30. The minimum absolute atomic E-state index is 0.450. The van der Waals surface area contributed by atoms with Crippen LogP contribution in [0.4, 0.5) is 5.82 Å². The van der Waals surface area contributed by atoms with Gasteiger partial charge in [-0.15, -0.1) is 0 Å². The standard InChI is InChI=1S/C12H15N5/c1-10-12(14-6-5-13-10)16-8-3-11(9-16)17-7-2-4-15-17/h2,4-7,11H,3,8-9H2,1H3. The van der Waals surface area contributed by atoms with Crippen molar-refractivity contribution >= 4 is 5.82 Å². The summed E-state index contributed by atoms with van der Waals surface area (Å²) >= 11 is 0. The van der Waals surface area contributed by atoms with Crippen molar-refractivity contribution in [1.82, 2.24) is 19.7 Å². The zero-order valence-corrected chi connectivity index (χ0v) is 9.82. The lowest BCUT2D eigenvalue weighted by molar-refractivity contribution is 0.494. The van der Waals surface area contributed by atoms with Crippen LogP contribution >= 0.6 is 0 Å². The Bertz CT molecular complexity index is 493. The van der Waals surface area contributed by atoms with Crippen molar-refractivity contribution in [2.45, 2.75) is 19.4 Å². The van der Waals surface area contributed by atoms with Crippen molar-refractivity contribution in [2.24, 2.45) is 0 Å². The van der Waals surface area contributed by atoms with Gasteiger partial charge in [0, 0.05) is 37.9 Å². The molecule has 3 rings (SSSR count). The Labute approximate surface area is 100 Å². The average molecular weight is 229 g/mol. The van der Waals surface area contributed by atoms with Crippen LogP contribution in [0.1, 0.15) is 18.2 Å². The molecule has 0 saturated carbocycles. The molecule has 2 aromatic heterocycles. The molecule has 0 aromatic carbocycles. The Morgan fingerprint density at radius 2 is 2.12 bits per heavy atom. The molecule has 3 heterocycles. The minimum Gasteiger partial charge on any atom is -0.353 e. The predicted octanol–water partition coefficient (Wildman–Crippen LogP) is 1.43. The molecule has 1 atom stereocenters. The summed E-state index contributed by atoms with van der Waals surface area (Å²) < 4.78 is 2.03. The second kappa shape index (κ2) is 4.16. The molecule has 5 heteroatoms. The lowest BCUT2D eigenvalue weighted by atomic mass is 10.3. The van der Waals surface area contributed by atoms with E-state index in [0.717, 1.165) is 31.0 Å². The van der Waals surface area contributed by atoms with Crippen molar-refractivity contribution in [3.05, 3.63) is 36.5 Å². The van der Waals surface area contributed by atoms with Crippen LogP contribution in [0.15, 0.2) is 30.9 Å². The molecule has 2 aromatic rings. The Morgan fingerprint density at radius 3 is 2.88 bits per heavy atom. The van der Waals surface area contributed by atoms with Gasteiger partial charge in [0.15, 0.2) is 0 Å². The number of hydrogen-bond acceptors (Lipinski definition) is 4. The molecule has 1 saturated heterocycles. The number of anilines is 1. The van der Waals surface area contributed by atoms with Gasteiger partial charge < -0.3 is 4.90 Å². The minimum atomic E-state index is 0.450. The maximum atomic E-state index is 4.41. The molecule has 88 valence electrons. The molecule has 17 heavy (non-hydrogen) atoms. The largest absolute Gasteiger partial charge is 0.353 e. The number of rotatable bonds is 2. The third-order valence-electron chi connectivity index (χ3n) is 3.22. The summed E-state index contributed by atoms with van der Waals surface area (Å²) in [6.07, 6.45) is 8.45. The van der Waals surface area contributed by atoms with Crippen LogP contribution in [0.2, 0.25) is 0 Å². The van der Waals surface area contributed by atoms with E-state index >= 15 is 0 Å². The van der Waals surface area contributed by atoms with Crippen molar-refractivity contribution < 1.29 is 0 Å². The van der Waals surface area contributed by atoms with Crippen molar-refractivity contribution in [1.29, 1.82) is 0 Å². The lowest BCUT2D eigenvalue weighted by Gasteiger charge is -2.18. The molecule has 0 amide bonds. The molecular formula is C12H15N5. The Hall–Kier alpha value is -1.91. The molecule has 1 fully saturated rings. The van der Waals surface area contributed by atoms with Crippen LogP contribution in [0, 0.1) is 6.92 Å². The fraction of sp³-hybridized carbons (Fsp3) is 0.417. The number of nitrogens with zero attached hydrogens (tertiary/aromatic N) is 5. The Balaban J connectivity index is 1.79. The van der Waals surface area contributed by atoms with Crippen LogP contribution in [0.5, 0.6) is 0 Å². The number of aromatic nitrogens is 4. The molecule has 1 aliphatic rings. The lowest BCUT2D eigenvalue weighted by Crippen LogP contribution is -2.23. The van der Waals surface area contributed by atoms with E-state index in [0.29, 0.717) is 6.04 Å². The van der Waals surface area contributed by atoms with Crippen molar-refractivity contribution in [3.63, 3.8) is 0 Å². The molecule has 0 radical (unpaired) electrons. The van der Waals surface area contributed by atoms with Crippen LogP contribution in [0.25, 0.3) is 0 Å². The Morgan fingerprint density at radius 1 is 1.24 bits per heavy atom. The fourth-order valence-corrected chi connectivity index (χ4v) is 2.36. The second-order valence-corrected chi connectivity index (χ2v) is 4.34. The van der Waals surface area contributed by atoms with E-state index in [9.17, 15) is 0 Å². The predicted molar refractivity (Wildman–Crippen MR) is 64.9 cm³/mol. The van der Waals surface area contributed by atoms with E-state index < -0.39 is 0 Å². The first-order valence-electron chi connectivity index (χ1n) is 5.86. The van der Waals surface area contributed by atoms with Crippen LogP contribution < -0.4 is 4.90 Å². The van der Waals surface area contributed by atoms with E-state index in [-0.39, 0.29) is 0 Å². The highest BCUT2D eigenvalue weighted by atomic mass is 15.3. The van der Waals surface area contributed by atoms with E-state index in [1.54, 1.807) is 12.4 Å². The molecule has 5 nitrogen and oxygen atoms in total. The van der Waals surface area contributed by atoms with Gasteiger partial charge in [-0.3, -0.25) is 9.67 Å². The van der Waals surface area contributed by atoms with Gasteiger partial charge in [-0.2, -0.15) is 5.10 Å². The Kier molecular flexibility index (Phi) is 2.51. The summed E-state index contributed by atoms with van der Waals surface area (Å²) in [6.45, 7) is 3.98. The first kappa shape index (κ1) is 10.3. The maximum absolute atomic E-state index is 4.41. The van der Waals surface area contributed by atoms with Crippen LogP contribution in [-0.4, -0.2) is 32.8 Å².